The van der Waals surface area contributed by atoms with E-state index in [4.69, 9.17) is 5.73 Å². The Balaban J connectivity index is 2.19. The number of carboxylic acids is 1. The molecular formula is C14H26BN3O4. The molecule has 0 aromatic rings. The molecule has 124 valence electrons. The highest BCUT2D eigenvalue weighted by atomic mass is 16.4. The summed E-state index contributed by atoms with van der Waals surface area (Å²) in [5, 5.41) is 22.0. The van der Waals surface area contributed by atoms with E-state index < -0.39 is 30.4 Å². The Labute approximate surface area is 131 Å². The summed E-state index contributed by atoms with van der Waals surface area (Å²) in [4.78, 5) is 25.6. The maximum atomic E-state index is 12.3. The lowest BCUT2D eigenvalue weighted by atomic mass is 9.64. The molecule has 0 bridgehead atoms. The van der Waals surface area contributed by atoms with Gasteiger partial charge in [0.1, 0.15) is 6.04 Å². The third-order valence-electron chi connectivity index (χ3n) is 5.13. The van der Waals surface area contributed by atoms with Crippen LogP contribution < -0.4 is 11.1 Å². The van der Waals surface area contributed by atoms with Crippen molar-refractivity contribution >= 4 is 18.8 Å². The van der Waals surface area contributed by atoms with Gasteiger partial charge in [0.25, 0.3) is 6.92 Å². The monoisotopic (exact) mass is 311 g/mol. The summed E-state index contributed by atoms with van der Waals surface area (Å²) in [7, 11) is 0. The van der Waals surface area contributed by atoms with Crippen LogP contribution in [0.1, 0.15) is 26.2 Å². The summed E-state index contributed by atoms with van der Waals surface area (Å²) < 4.78 is 0. The zero-order valence-corrected chi connectivity index (χ0v) is 13.3. The Bertz CT molecular complexity index is 446. The second-order valence-corrected chi connectivity index (χ2v) is 6.74. The van der Waals surface area contributed by atoms with Gasteiger partial charge >= 0.3 is 5.97 Å². The smallest absolute Gasteiger partial charge is 0.321 e. The summed E-state index contributed by atoms with van der Waals surface area (Å²) in [5.41, 5.74) is 5.26. The molecule has 2 fully saturated rings. The molecule has 0 spiro atoms. The van der Waals surface area contributed by atoms with Gasteiger partial charge < -0.3 is 26.1 Å². The number of carbonyl (C=O) groups excluding carboxylic acids is 1. The minimum absolute atomic E-state index is 0.116. The fourth-order valence-electron chi connectivity index (χ4n) is 4.07. The summed E-state index contributed by atoms with van der Waals surface area (Å²) in [6.45, 7) is 4.05. The van der Waals surface area contributed by atoms with E-state index in [1.54, 1.807) is 18.6 Å². The molecule has 2 rings (SSSR count). The number of carbonyl (C=O) groups is 2. The van der Waals surface area contributed by atoms with Crippen LogP contribution in [0.3, 0.4) is 0 Å². The number of likely N-dealkylation sites (tertiary alicyclic amines) is 1. The Kier molecular flexibility index (Phi) is 5.14. The van der Waals surface area contributed by atoms with Gasteiger partial charge in [-0.25, -0.2) is 0 Å². The second kappa shape index (κ2) is 6.56. The molecule has 0 radical (unpaired) electrons. The van der Waals surface area contributed by atoms with Crippen molar-refractivity contribution in [3.8, 4) is 0 Å². The molecular weight excluding hydrogens is 285 g/mol. The van der Waals surface area contributed by atoms with Gasteiger partial charge in [-0.05, 0) is 26.1 Å². The fourth-order valence-corrected chi connectivity index (χ4v) is 4.07. The van der Waals surface area contributed by atoms with Gasteiger partial charge in [-0.15, -0.1) is 0 Å². The third kappa shape index (κ3) is 3.00. The molecule has 4 atom stereocenters. The lowest BCUT2D eigenvalue weighted by Gasteiger charge is -2.34. The molecule has 2 saturated heterocycles. The predicted octanol–water partition coefficient (Wildman–Crippen LogP) is -0.629. The Morgan fingerprint density at radius 3 is 2.77 bits per heavy atom. The van der Waals surface area contributed by atoms with Crippen LogP contribution in [0.5, 0.6) is 0 Å². The average molecular weight is 311 g/mol. The highest BCUT2D eigenvalue weighted by Gasteiger charge is 2.59. The highest BCUT2D eigenvalue weighted by Crippen LogP contribution is 2.47. The molecule has 0 aromatic carbocycles. The summed E-state index contributed by atoms with van der Waals surface area (Å²) in [5.74, 6) is -0.982. The van der Waals surface area contributed by atoms with Crippen molar-refractivity contribution in [2.24, 2.45) is 11.1 Å². The second-order valence-electron chi connectivity index (χ2n) is 6.74. The Morgan fingerprint density at radius 2 is 2.23 bits per heavy atom. The van der Waals surface area contributed by atoms with Gasteiger partial charge in [0.05, 0.1) is 12.1 Å². The van der Waals surface area contributed by atoms with Crippen LogP contribution in [0, 0.1) is 5.41 Å². The van der Waals surface area contributed by atoms with Crippen molar-refractivity contribution in [3.05, 3.63) is 0 Å². The van der Waals surface area contributed by atoms with E-state index in [1.165, 1.54) is 0 Å². The number of amides is 1. The third-order valence-corrected chi connectivity index (χ3v) is 5.13. The van der Waals surface area contributed by atoms with Gasteiger partial charge in [-0.3, -0.25) is 9.59 Å². The Hall–Kier alpha value is -1.12. The molecule has 8 heteroatoms. The fraction of sp³-hybridized carbons (Fsp3) is 0.857. The van der Waals surface area contributed by atoms with E-state index in [9.17, 15) is 19.7 Å². The minimum atomic E-state index is -0.866. The van der Waals surface area contributed by atoms with Crippen LogP contribution in [-0.4, -0.2) is 65.0 Å². The van der Waals surface area contributed by atoms with Crippen molar-refractivity contribution in [1.82, 2.24) is 10.2 Å². The van der Waals surface area contributed by atoms with E-state index in [0.717, 1.165) is 6.42 Å². The van der Waals surface area contributed by atoms with Crippen molar-refractivity contribution in [1.29, 1.82) is 0 Å². The molecule has 2 heterocycles. The largest absolute Gasteiger partial charge is 0.480 e. The van der Waals surface area contributed by atoms with Crippen LogP contribution in [0.25, 0.3) is 0 Å². The summed E-state index contributed by atoms with van der Waals surface area (Å²) >= 11 is 0. The SMILES string of the molecule is CB(O)CCC[C@]12CCN(C(=O)[C@H](C)N)[C@H]1CN[C@@H]2C(=O)O. The number of aliphatic carboxylic acids is 1. The standard InChI is InChI=1S/C14H26BN3O4/c1-9(16)12(19)18-7-5-14(4-3-6-15(2)22)10(18)8-17-11(14)13(20)21/h9-11,17,22H,3-8,16H2,1-2H3,(H,20,21)/t9-,10-,11+,14-/m0/s1. The van der Waals surface area contributed by atoms with Crippen LogP contribution in [0.4, 0.5) is 0 Å². The summed E-state index contributed by atoms with van der Waals surface area (Å²) in [6.07, 6.45) is 2.75. The first-order valence-corrected chi connectivity index (χ1v) is 8.00. The van der Waals surface area contributed by atoms with Gasteiger partial charge in [-0.1, -0.05) is 13.2 Å². The predicted molar refractivity (Wildman–Crippen MR) is 83.5 cm³/mol. The van der Waals surface area contributed by atoms with Crippen LogP contribution in [-0.2, 0) is 9.59 Å². The zero-order chi connectivity index (χ0) is 16.5. The molecule has 2 aliphatic rings. The van der Waals surface area contributed by atoms with E-state index in [0.29, 0.717) is 32.3 Å². The van der Waals surface area contributed by atoms with Crippen molar-refractivity contribution in [2.45, 2.75) is 57.5 Å². The lowest BCUT2D eigenvalue weighted by molar-refractivity contribution is -0.143. The van der Waals surface area contributed by atoms with E-state index in [1.807, 2.05) is 0 Å². The van der Waals surface area contributed by atoms with Gasteiger partial charge in [0.15, 0.2) is 0 Å². The number of fused-ring (bicyclic) bond motifs is 1. The summed E-state index contributed by atoms with van der Waals surface area (Å²) in [6, 6.07) is -1.34. The van der Waals surface area contributed by atoms with Gasteiger partial charge in [0.2, 0.25) is 5.91 Å². The number of nitrogens with one attached hydrogen (secondary N) is 1. The topological polar surface area (TPSA) is 116 Å². The first-order chi connectivity index (χ1) is 10.3. The van der Waals surface area contributed by atoms with Crippen molar-refractivity contribution in [3.63, 3.8) is 0 Å². The quantitative estimate of drug-likeness (QED) is 0.486. The van der Waals surface area contributed by atoms with Crippen LogP contribution in [0.15, 0.2) is 0 Å². The van der Waals surface area contributed by atoms with Crippen LogP contribution in [0.2, 0.25) is 13.1 Å². The maximum Gasteiger partial charge on any atom is 0.321 e. The molecule has 0 saturated carbocycles. The zero-order valence-electron chi connectivity index (χ0n) is 13.3. The minimum Gasteiger partial charge on any atom is -0.480 e. The van der Waals surface area contributed by atoms with Gasteiger partial charge in [0, 0.05) is 18.5 Å². The molecule has 0 aliphatic carbocycles. The number of nitrogens with zero attached hydrogens (tertiary/aromatic N) is 1. The van der Waals surface area contributed by atoms with Crippen LogP contribution >= 0.6 is 0 Å². The lowest BCUT2D eigenvalue weighted by Crippen LogP contribution is -2.49. The molecule has 0 aromatic heterocycles. The number of carboxylic acid groups (broad SMARTS) is 1. The molecule has 2 aliphatic heterocycles. The van der Waals surface area contributed by atoms with Crippen molar-refractivity contribution < 1.29 is 19.7 Å². The normalized spacial score (nSPS) is 31.9. The highest BCUT2D eigenvalue weighted by molar-refractivity contribution is 6.48. The number of rotatable bonds is 6. The molecule has 5 N–H and O–H groups in total. The molecule has 22 heavy (non-hydrogen) atoms. The van der Waals surface area contributed by atoms with E-state index >= 15 is 0 Å². The molecule has 1 amide bonds. The first kappa shape index (κ1) is 17.2. The van der Waals surface area contributed by atoms with Crippen molar-refractivity contribution in [2.75, 3.05) is 13.1 Å². The van der Waals surface area contributed by atoms with E-state index in [-0.39, 0.29) is 11.9 Å². The first-order valence-electron chi connectivity index (χ1n) is 8.00. The number of hydrogen-bond donors (Lipinski definition) is 4. The molecule has 0 unspecified atom stereocenters. The van der Waals surface area contributed by atoms with Gasteiger partial charge in [-0.2, -0.15) is 0 Å². The number of nitrogens with two attached hydrogens (primary N) is 1. The molecule has 7 nitrogen and oxygen atoms in total. The maximum absolute atomic E-state index is 12.3. The average Bonchev–Trinajstić information content (AvgIpc) is 2.93. The van der Waals surface area contributed by atoms with E-state index in [2.05, 4.69) is 5.32 Å². The Morgan fingerprint density at radius 1 is 1.55 bits per heavy atom. The number of hydrogen-bond acceptors (Lipinski definition) is 5.